The first-order valence-electron chi connectivity index (χ1n) is 7.54. The lowest BCUT2D eigenvalue weighted by molar-refractivity contribution is -0.704. The van der Waals surface area contributed by atoms with Crippen LogP contribution in [0.3, 0.4) is 0 Å². The number of hydrogen-bond donors (Lipinski definition) is 0. The van der Waals surface area contributed by atoms with Gasteiger partial charge < -0.3 is 4.74 Å². The standard InChI is InChI=1S/C20H19ClNO/c1-15-3-5-16(6-4-15)20(22-13-11-18(21)12-14-22)17-7-9-19(23-2)10-8-17/h3-14,20H,1-2H3/q+1. The van der Waals surface area contributed by atoms with E-state index in [1.807, 2.05) is 36.7 Å². The molecule has 116 valence electrons. The van der Waals surface area contributed by atoms with Crippen LogP contribution in [0, 0.1) is 6.92 Å². The summed E-state index contributed by atoms with van der Waals surface area (Å²) in [5.74, 6) is 0.859. The lowest BCUT2D eigenvalue weighted by Crippen LogP contribution is -2.40. The van der Waals surface area contributed by atoms with Crippen molar-refractivity contribution in [2.45, 2.75) is 13.0 Å². The SMILES string of the molecule is COc1ccc(C(c2ccc(C)cc2)[n+]2ccc(Cl)cc2)cc1. The molecule has 3 aromatic rings. The lowest BCUT2D eigenvalue weighted by atomic mass is 9.97. The van der Waals surface area contributed by atoms with Crippen LogP contribution in [0.1, 0.15) is 22.7 Å². The zero-order chi connectivity index (χ0) is 16.2. The Morgan fingerprint density at radius 2 is 1.35 bits per heavy atom. The van der Waals surface area contributed by atoms with E-state index in [1.54, 1.807) is 7.11 Å². The van der Waals surface area contributed by atoms with Gasteiger partial charge in [-0.25, -0.2) is 0 Å². The largest absolute Gasteiger partial charge is 0.497 e. The van der Waals surface area contributed by atoms with E-state index < -0.39 is 0 Å². The zero-order valence-electron chi connectivity index (χ0n) is 13.2. The monoisotopic (exact) mass is 324 g/mol. The Morgan fingerprint density at radius 3 is 1.87 bits per heavy atom. The van der Waals surface area contributed by atoms with Crippen molar-refractivity contribution in [1.82, 2.24) is 0 Å². The Labute approximate surface area is 141 Å². The van der Waals surface area contributed by atoms with Crippen molar-refractivity contribution in [3.63, 3.8) is 0 Å². The Bertz CT molecular complexity index is 719. The fourth-order valence-corrected chi connectivity index (χ4v) is 2.78. The molecule has 1 unspecified atom stereocenters. The maximum Gasteiger partial charge on any atom is 0.208 e. The topological polar surface area (TPSA) is 13.1 Å². The number of ether oxygens (including phenoxy) is 1. The molecule has 1 heterocycles. The van der Waals surface area contributed by atoms with E-state index in [4.69, 9.17) is 16.3 Å². The number of aromatic nitrogens is 1. The molecule has 23 heavy (non-hydrogen) atoms. The smallest absolute Gasteiger partial charge is 0.208 e. The van der Waals surface area contributed by atoms with Crippen LogP contribution in [0.5, 0.6) is 5.75 Å². The molecule has 1 aromatic heterocycles. The number of methoxy groups -OCH3 is 1. The number of halogens is 1. The third-order valence-corrected chi connectivity index (χ3v) is 4.19. The van der Waals surface area contributed by atoms with Gasteiger partial charge in [0.15, 0.2) is 12.4 Å². The molecule has 3 heteroatoms. The van der Waals surface area contributed by atoms with Gasteiger partial charge in [0.2, 0.25) is 6.04 Å². The van der Waals surface area contributed by atoms with Gasteiger partial charge in [-0.15, -0.1) is 0 Å². The summed E-state index contributed by atoms with van der Waals surface area (Å²) in [6, 6.07) is 20.7. The average Bonchev–Trinajstić information content (AvgIpc) is 2.59. The molecular formula is C20H19ClNO+. The number of hydrogen-bond acceptors (Lipinski definition) is 1. The fraction of sp³-hybridized carbons (Fsp3) is 0.150. The van der Waals surface area contributed by atoms with Gasteiger partial charge in [0.05, 0.1) is 12.1 Å². The minimum atomic E-state index is 0.0961. The van der Waals surface area contributed by atoms with Crippen LogP contribution in [0.15, 0.2) is 73.1 Å². The molecular weight excluding hydrogens is 306 g/mol. The van der Waals surface area contributed by atoms with Gasteiger partial charge in [-0.05, 0) is 31.2 Å². The second-order valence-corrected chi connectivity index (χ2v) is 5.99. The highest BCUT2D eigenvalue weighted by Crippen LogP contribution is 2.24. The van der Waals surface area contributed by atoms with Crippen LogP contribution in [-0.2, 0) is 0 Å². The van der Waals surface area contributed by atoms with Gasteiger partial charge in [-0.1, -0.05) is 41.4 Å². The second kappa shape index (κ2) is 6.84. The summed E-state index contributed by atoms with van der Waals surface area (Å²) in [5.41, 5.74) is 3.68. The molecule has 1 atom stereocenters. The number of pyridine rings is 1. The van der Waals surface area contributed by atoms with Gasteiger partial charge in [-0.2, -0.15) is 4.57 Å². The van der Waals surface area contributed by atoms with Crippen molar-refractivity contribution in [2.75, 3.05) is 7.11 Å². The molecule has 0 aliphatic rings. The van der Waals surface area contributed by atoms with E-state index in [9.17, 15) is 0 Å². The summed E-state index contributed by atoms with van der Waals surface area (Å²) in [6.45, 7) is 2.10. The van der Waals surface area contributed by atoms with Crippen molar-refractivity contribution < 1.29 is 9.30 Å². The van der Waals surface area contributed by atoms with E-state index in [0.717, 1.165) is 10.8 Å². The first kappa shape index (κ1) is 15.6. The third kappa shape index (κ3) is 3.54. The number of benzene rings is 2. The maximum atomic E-state index is 6.04. The van der Waals surface area contributed by atoms with Gasteiger partial charge in [-0.3, -0.25) is 0 Å². The lowest BCUT2D eigenvalue weighted by Gasteiger charge is -2.14. The van der Waals surface area contributed by atoms with E-state index >= 15 is 0 Å². The normalized spacial score (nSPS) is 12.0. The first-order valence-corrected chi connectivity index (χ1v) is 7.92. The summed E-state index contributed by atoms with van der Waals surface area (Å²) in [6.07, 6.45) is 4.02. The van der Waals surface area contributed by atoms with Gasteiger partial charge in [0, 0.05) is 23.3 Å². The molecule has 0 aliphatic heterocycles. The predicted octanol–water partition coefficient (Wildman–Crippen LogP) is 4.58. The average molecular weight is 325 g/mol. The Kier molecular flexibility index (Phi) is 4.63. The Morgan fingerprint density at radius 1 is 0.826 bits per heavy atom. The summed E-state index contributed by atoms with van der Waals surface area (Å²) >= 11 is 6.04. The van der Waals surface area contributed by atoms with Crippen molar-refractivity contribution in [3.05, 3.63) is 94.8 Å². The molecule has 0 amide bonds. The third-order valence-electron chi connectivity index (χ3n) is 3.93. The highest BCUT2D eigenvalue weighted by Gasteiger charge is 2.23. The number of rotatable bonds is 4. The molecule has 0 fully saturated rings. The maximum absolute atomic E-state index is 6.04. The molecule has 0 aliphatic carbocycles. The summed E-state index contributed by atoms with van der Waals surface area (Å²) in [7, 11) is 1.68. The van der Waals surface area contributed by atoms with E-state index in [-0.39, 0.29) is 6.04 Å². The molecule has 0 spiro atoms. The van der Waals surface area contributed by atoms with Gasteiger partial charge >= 0.3 is 0 Å². The molecule has 2 nitrogen and oxygen atoms in total. The summed E-state index contributed by atoms with van der Waals surface area (Å²) < 4.78 is 7.43. The highest BCUT2D eigenvalue weighted by molar-refractivity contribution is 6.30. The molecule has 3 rings (SSSR count). The van der Waals surface area contributed by atoms with E-state index in [1.165, 1.54) is 16.7 Å². The molecule has 2 aromatic carbocycles. The Balaban J connectivity index is 2.08. The molecule has 0 saturated heterocycles. The Hall–Kier alpha value is -2.32. The van der Waals surface area contributed by atoms with Crippen LogP contribution >= 0.6 is 11.6 Å². The number of nitrogens with zero attached hydrogens (tertiary/aromatic N) is 1. The van der Waals surface area contributed by atoms with Crippen molar-refractivity contribution in [1.29, 1.82) is 0 Å². The van der Waals surface area contributed by atoms with E-state index in [2.05, 4.69) is 47.9 Å². The van der Waals surface area contributed by atoms with Gasteiger partial charge in [0.1, 0.15) is 5.75 Å². The minimum Gasteiger partial charge on any atom is -0.497 e. The summed E-state index contributed by atoms with van der Waals surface area (Å²) in [5, 5.41) is 0.735. The van der Waals surface area contributed by atoms with Crippen molar-refractivity contribution >= 4 is 11.6 Å². The first-order chi connectivity index (χ1) is 11.2. The van der Waals surface area contributed by atoms with Crippen molar-refractivity contribution in [2.24, 2.45) is 0 Å². The van der Waals surface area contributed by atoms with Crippen LogP contribution in [0.4, 0.5) is 0 Å². The molecule has 0 N–H and O–H groups in total. The van der Waals surface area contributed by atoms with Gasteiger partial charge in [0.25, 0.3) is 0 Å². The fourth-order valence-electron chi connectivity index (χ4n) is 2.66. The van der Waals surface area contributed by atoms with Crippen LogP contribution in [0.2, 0.25) is 5.02 Å². The highest BCUT2D eigenvalue weighted by atomic mass is 35.5. The number of aryl methyl sites for hydroxylation is 1. The quantitative estimate of drug-likeness (QED) is 0.640. The minimum absolute atomic E-state index is 0.0961. The van der Waals surface area contributed by atoms with Crippen LogP contribution < -0.4 is 9.30 Å². The van der Waals surface area contributed by atoms with E-state index in [0.29, 0.717) is 0 Å². The predicted molar refractivity (Wildman–Crippen MR) is 93.1 cm³/mol. The van der Waals surface area contributed by atoms with Crippen molar-refractivity contribution in [3.8, 4) is 5.75 Å². The van der Waals surface area contributed by atoms with Crippen LogP contribution in [0.25, 0.3) is 0 Å². The summed E-state index contributed by atoms with van der Waals surface area (Å²) in [4.78, 5) is 0. The second-order valence-electron chi connectivity index (χ2n) is 5.55. The molecule has 0 saturated carbocycles. The molecule has 0 radical (unpaired) electrons. The molecule has 0 bridgehead atoms. The zero-order valence-corrected chi connectivity index (χ0v) is 14.0. The van der Waals surface area contributed by atoms with Crippen LogP contribution in [-0.4, -0.2) is 7.11 Å².